The Balaban J connectivity index is 1.85. The Labute approximate surface area is 144 Å². The lowest BCUT2D eigenvalue weighted by molar-refractivity contribution is -0.121. The smallest absolute Gasteiger partial charge is 0.256 e. The molecule has 0 radical (unpaired) electrons. The van der Waals surface area contributed by atoms with Crippen molar-refractivity contribution in [3.8, 4) is 11.5 Å². The first-order chi connectivity index (χ1) is 12.0. The fourth-order valence-electron chi connectivity index (χ4n) is 2.72. The topological polar surface area (TPSA) is 67.9 Å². The lowest BCUT2D eigenvalue weighted by Gasteiger charge is -2.17. The number of imide groups is 1. The number of rotatable bonds is 5. The lowest BCUT2D eigenvalue weighted by atomic mass is 10.2. The number of carbonyl (C=O) groups excluding carboxylic acids is 2. The molecule has 2 aromatic rings. The maximum Gasteiger partial charge on any atom is 0.256 e. The average Bonchev–Trinajstić information content (AvgIpc) is 2.88. The second kappa shape index (κ2) is 6.80. The molecule has 0 aromatic heterocycles. The van der Waals surface area contributed by atoms with Gasteiger partial charge in [-0.05, 0) is 12.1 Å². The number of para-hydroxylation sites is 1. The predicted molar refractivity (Wildman–Crippen MR) is 90.5 cm³/mol. The van der Waals surface area contributed by atoms with Crippen molar-refractivity contribution in [1.82, 2.24) is 0 Å². The molecule has 0 aliphatic carbocycles. The number of methoxy groups -OCH3 is 2. The summed E-state index contributed by atoms with van der Waals surface area (Å²) >= 11 is 0. The van der Waals surface area contributed by atoms with Gasteiger partial charge in [-0.1, -0.05) is 12.1 Å². The van der Waals surface area contributed by atoms with Gasteiger partial charge >= 0.3 is 0 Å². The number of benzene rings is 2. The zero-order chi connectivity index (χ0) is 18.0. The molecule has 0 saturated carbocycles. The minimum atomic E-state index is -0.788. The Morgan fingerprint density at radius 3 is 2.32 bits per heavy atom. The highest BCUT2D eigenvalue weighted by atomic mass is 19.1. The maximum absolute atomic E-state index is 13.9. The molecule has 3 rings (SSSR count). The van der Waals surface area contributed by atoms with Crippen molar-refractivity contribution in [2.45, 2.75) is 12.5 Å². The third-order valence-corrected chi connectivity index (χ3v) is 3.93. The Morgan fingerprint density at radius 2 is 1.72 bits per heavy atom. The number of nitrogens with one attached hydrogen (secondary N) is 1. The van der Waals surface area contributed by atoms with Gasteiger partial charge in [0.25, 0.3) is 5.91 Å². The van der Waals surface area contributed by atoms with Gasteiger partial charge in [0.15, 0.2) is 0 Å². The van der Waals surface area contributed by atoms with Crippen LogP contribution < -0.4 is 19.7 Å². The zero-order valence-corrected chi connectivity index (χ0v) is 13.8. The van der Waals surface area contributed by atoms with Crippen LogP contribution in [0.3, 0.4) is 0 Å². The molecule has 0 bridgehead atoms. The number of hydrogen-bond acceptors (Lipinski definition) is 5. The highest BCUT2D eigenvalue weighted by Crippen LogP contribution is 2.30. The summed E-state index contributed by atoms with van der Waals surface area (Å²) < 4.78 is 24.3. The minimum Gasteiger partial charge on any atom is -0.497 e. The first-order valence-electron chi connectivity index (χ1n) is 7.64. The summed E-state index contributed by atoms with van der Waals surface area (Å²) in [5.74, 6) is -0.485. The molecule has 2 aromatic carbocycles. The van der Waals surface area contributed by atoms with Gasteiger partial charge in [0.2, 0.25) is 5.91 Å². The Kier molecular flexibility index (Phi) is 4.56. The standard InChI is InChI=1S/C18H17FN2O4/c1-24-12-7-11(8-13(9-12)25-2)20-15-10-17(22)21(18(15)23)16-6-4-3-5-14(16)19/h3-9,15,20H,10H2,1-2H3/t15-/m0/s1. The van der Waals surface area contributed by atoms with Gasteiger partial charge in [0.05, 0.1) is 26.3 Å². The summed E-state index contributed by atoms with van der Waals surface area (Å²) in [5, 5.41) is 3.00. The number of anilines is 2. The predicted octanol–water partition coefficient (Wildman–Crippen LogP) is 2.59. The van der Waals surface area contributed by atoms with E-state index in [1.165, 1.54) is 32.4 Å². The number of ether oxygens (including phenoxy) is 2. The van der Waals surface area contributed by atoms with Gasteiger partial charge in [0.1, 0.15) is 23.4 Å². The van der Waals surface area contributed by atoms with E-state index in [9.17, 15) is 14.0 Å². The molecule has 2 amide bonds. The second-order valence-corrected chi connectivity index (χ2v) is 5.52. The van der Waals surface area contributed by atoms with Crippen LogP contribution in [-0.4, -0.2) is 32.1 Å². The van der Waals surface area contributed by atoms with Gasteiger partial charge in [-0.3, -0.25) is 9.59 Å². The van der Waals surface area contributed by atoms with Gasteiger partial charge < -0.3 is 14.8 Å². The minimum absolute atomic E-state index is 0.0370. The van der Waals surface area contributed by atoms with Crippen LogP contribution >= 0.6 is 0 Å². The molecule has 1 saturated heterocycles. The van der Waals surface area contributed by atoms with E-state index in [0.717, 1.165) is 4.90 Å². The molecular weight excluding hydrogens is 327 g/mol. The molecule has 6 nitrogen and oxygen atoms in total. The number of nitrogens with zero attached hydrogens (tertiary/aromatic N) is 1. The van der Waals surface area contributed by atoms with Crippen LogP contribution in [0.25, 0.3) is 0 Å². The van der Waals surface area contributed by atoms with Gasteiger partial charge in [-0.2, -0.15) is 0 Å². The molecular formula is C18H17FN2O4. The Hall–Kier alpha value is -3.09. The summed E-state index contributed by atoms with van der Waals surface area (Å²) in [4.78, 5) is 25.7. The van der Waals surface area contributed by atoms with Crippen LogP contribution in [0.1, 0.15) is 6.42 Å². The van der Waals surface area contributed by atoms with Crippen LogP contribution in [0.5, 0.6) is 11.5 Å². The molecule has 1 fully saturated rings. The van der Waals surface area contributed by atoms with E-state index in [-0.39, 0.29) is 12.1 Å². The largest absolute Gasteiger partial charge is 0.497 e. The molecule has 1 aliphatic heterocycles. The van der Waals surface area contributed by atoms with E-state index in [1.807, 2.05) is 0 Å². The van der Waals surface area contributed by atoms with E-state index in [0.29, 0.717) is 17.2 Å². The monoisotopic (exact) mass is 344 g/mol. The van der Waals surface area contributed by atoms with Crippen molar-refractivity contribution in [2.24, 2.45) is 0 Å². The highest BCUT2D eigenvalue weighted by Gasteiger charge is 2.40. The normalized spacial score (nSPS) is 16.9. The average molecular weight is 344 g/mol. The number of amides is 2. The van der Waals surface area contributed by atoms with Crippen LogP contribution in [-0.2, 0) is 9.59 Å². The van der Waals surface area contributed by atoms with Crippen LogP contribution in [0.4, 0.5) is 15.8 Å². The first kappa shape index (κ1) is 16.8. The summed E-state index contributed by atoms with van der Waals surface area (Å²) in [5.41, 5.74) is 0.530. The second-order valence-electron chi connectivity index (χ2n) is 5.52. The summed E-state index contributed by atoms with van der Waals surface area (Å²) in [6.45, 7) is 0. The Bertz CT molecular complexity index is 802. The van der Waals surface area contributed by atoms with Crippen molar-refractivity contribution < 1.29 is 23.5 Å². The molecule has 1 heterocycles. The Morgan fingerprint density at radius 1 is 1.08 bits per heavy atom. The number of hydrogen-bond donors (Lipinski definition) is 1. The van der Waals surface area contributed by atoms with Crippen molar-refractivity contribution >= 4 is 23.2 Å². The highest BCUT2D eigenvalue weighted by molar-refractivity contribution is 6.23. The van der Waals surface area contributed by atoms with Crippen molar-refractivity contribution in [2.75, 3.05) is 24.4 Å². The summed E-state index contributed by atoms with van der Waals surface area (Å²) in [6.07, 6.45) is -0.0628. The van der Waals surface area contributed by atoms with Crippen molar-refractivity contribution in [3.63, 3.8) is 0 Å². The number of halogens is 1. The molecule has 0 unspecified atom stereocenters. The summed E-state index contributed by atoms with van der Waals surface area (Å²) in [6, 6.07) is 9.97. The number of carbonyl (C=O) groups is 2. The molecule has 25 heavy (non-hydrogen) atoms. The van der Waals surface area contributed by atoms with Crippen molar-refractivity contribution in [3.05, 3.63) is 48.3 Å². The molecule has 1 aliphatic rings. The summed E-state index contributed by atoms with van der Waals surface area (Å²) in [7, 11) is 3.03. The first-order valence-corrected chi connectivity index (χ1v) is 7.64. The van der Waals surface area contributed by atoms with Crippen LogP contribution in [0.15, 0.2) is 42.5 Å². The molecule has 1 N–H and O–H groups in total. The van der Waals surface area contributed by atoms with E-state index in [1.54, 1.807) is 24.3 Å². The maximum atomic E-state index is 13.9. The van der Waals surface area contributed by atoms with E-state index < -0.39 is 23.7 Å². The van der Waals surface area contributed by atoms with Crippen LogP contribution in [0, 0.1) is 5.82 Å². The van der Waals surface area contributed by atoms with Crippen LogP contribution in [0.2, 0.25) is 0 Å². The van der Waals surface area contributed by atoms with Gasteiger partial charge in [0, 0.05) is 23.9 Å². The fourth-order valence-corrected chi connectivity index (χ4v) is 2.72. The van der Waals surface area contributed by atoms with Gasteiger partial charge in [-0.15, -0.1) is 0 Å². The fraction of sp³-hybridized carbons (Fsp3) is 0.222. The molecule has 0 spiro atoms. The van der Waals surface area contributed by atoms with Crippen molar-refractivity contribution in [1.29, 1.82) is 0 Å². The SMILES string of the molecule is COc1cc(N[C@H]2CC(=O)N(c3ccccc3F)C2=O)cc(OC)c1. The van der Waals surface area contributed by atoms with E-state index in [2.05, 4.69) is 5.32 Å². The third-order valence-electron chi connectivity index (χ3n) is 3.93. The quantitative estimate of drug-likeness (QED) is 0.845. The molecule has 130 valence electrons. The van der Waals surface area contributed by atoms with E-state index in [4.69, 9.17) is 9.47 Å². The molecule has 1 atom stereocenters. The zero-order valence-electron chi connectivity index (χ0n) is 13.8. The van der Waals surface area contributed by atoms with Gasteiger partial charge in [-0.25, -0.2) is 9.29 Å². The van der Waals surface area contributed by atoms with E-state index >= 15 is 0 Å². The third kappa shape index (κ3) is 3.26. The molecule has 7 heteroatoms. The lowest BCUT2D eigenvalue weighted by Crippen LogP contribution is -2.35.